The number of aliphatic hydroxyl groups is 2. The Kier molecular flexibility index (Phi) is 15.1. The average Bonchev–Trinajstić information content (AvgIpc) is 3.92. The summed E-state index contributed by atoms with van der Waals surface area (Å²) < 4.78 is 19.1. The number of benzene rings is 4. The van der Waals surface area contributed by atoms with Crippen LogP contribution in [0.25, 0.3) is 88.6 Å². The molecule has 9 rings (SSSR count). The molecule has 0 fully saturated rings. The van der Waals surface area contributed by atoms with Crippen molar-refractivity contribution in [1.82, 2.24) is 9.97 Å². The third-order valence-corrected chi connectivity index (χ3v) is 11.5. The first-order valence-corrected chi connectivity index (χ1v) is 20.8. The van der Waals surface area contributed by atoms with Crippen molar-refractivity contribution in [2.75, 3.05) is 0 Å². The van der Waals surface area contributed by atoms with Gasteiger partial charge < -0.3 is 23.5 Å². The molecule has 0 aliphatic rings. The van der Waals surface area contributed by atoms with Gasteiger partial charge in [-0.2, -0.15) is 0 Å². The molecule has 5 aromatic heterocycles. The molecule has 0 saturated carbocycles. The molecule has 11 heteroatoms. The van der Waals surface area contributed by atoms with Crippen LogP contribution in [-0.2, 0) is 62.5 Å². The number of aliphatic hydroxyl groups excluding tert-OH is 2. The molecule has 0 aliphatic carbocycles. The molecule has 2 N–H and O–H groups in total. The van der Waals surface area contributed by atoms with Crippen molar-refractivity contribution < 1.29 is 75.2 Å². The van der Waals surface area contributed by atoms with E-state index in [1.54, 1.807) is 13.8 Å². The predicted molar refractivity (Wildman–Crippen MR) is 253 cm³/mol. The maximum atomic E-state index is 10.4. The summed E-state index contributed by atoms with van der Waals surface area (Å²) in [6.45, 7) is 22.3. The van der Waals surface area contributed by atoms with Crippen molar-refractivity contribution in [3.8, 4) is 22.5 Å². The van der Waals surface area contributed by atoms with E-state index in [4.69, 9.17) is 33.4 Å². The molecule has 0 amide bonds. The Balaban J connectivity index is 0.000000380. The molecule has 65 heavy (non-hydrogen) atoms. The number of fused-ring (bicyclic) bond motifs is 9. The second kappa shape index (κ2) is 19.5. The second-order valence-electron chi connectivity index (χ2n) is 18.1. The largest absolute Gasteiger partial charge is 0.545 e. The summed E-state index contributed by atoms with van der Waals surface area (Å²) in [6, 6.07) is 35.7. The van der Waals surface area contributed by atoms with Crippen LogP contribution < -0.4 is 0 Å². The van der Waals surface area contributed by atoms with Crippen LogP contribution in [0.15, 0.2) is 121 Å². The summed E-state index contributed by atoms with van der Waals surface area (Å²) in [7, 11) is 0. The monoisotopic (exact) mass is 1230 g/mol. The number of allylic oxidation sites excluding steroid dienone is 4. The Labute approximate surface area is 407 Å². The molecule has 0 unspecified atom stereocenters. The van der Waals surface area contributed by atoms with Gasteiger partial charge >= 0.3 is 0 Å². The third kappa shape index (κ3) is 10.3. The average molecular weight is 1230 g/mol. The summed E-state index contributed by atoms with van der Waals surface area (Å²) in [5.41, 5.74) is 10.7. The van der Waals surface area contributed by atoms with Gasteiger partial charge in [0.15, 0.2) is 11.6 Å². The summed E-state index contributed by atoms with van der Waals surface area (Å²) in [6.07, 6.45) is 0. The van der Waals surface area contributed by atoms with Crippen molar-refractivity contribution in [2.45, 2.75) is 93.9 Å². The van der Waals surface area contributed by atoms with Crippen LogP contribution in [-0.4, -0.2) is 31.7 Å². The standard InChI is InChI=1S/C42H32N2O3.2C6H10O2.2Pt/c1-41(2,3)23-13-19-35-31(21-23)27-15-17-33(43-39(27)45-35)29-11-7-9-25-26-10-8-12-30(38(26)47-37(25)29)34-18-16-28-32-22-24(42(4,5)6)14-20-36(32)46-40(28)44-34;2*1-4(5(2)7)6(3)8;;/h7-10,13-22H,1-6H3;2*7H,1-3H3;;/q-2;;;;/b;2*5-4-;;. The van der Waals surface area contributed by atoms with Gasteiger partial charge in [0.25, 0.3) is 0 Å². The van der Waals surface area contributed by atoms with Crippen molar-refractivity contribution >= 4 is 77.6 Å². The van der Waals surface area contributed by atoms with Gasteiger partial charge in [-0.25, -0.2) is 0 Å². The third-order valence-electron chi connectivity index (χ3n) is 11.5. The van der Waals surface area contributed by atoms with Crippen LogP contribution in [0.3, 0.4) is 0 Å². The Morgan fingerprint density at radius 2 is 0.862 bits per heavy atom. The molecule has 9 aromatic rings. The number of hydrogen-bond donors (Lipinski definition) is 2. The van der Waals surface area contributed by atoms with E-state index in [1.807, 2.05) is 48.5 Å². The van der Waals surface area contributed by atoms with E-state index in [1.165, 1.54) is 38.8 Å². The Morgan fingerprint density at radius 1 is 0.492 bits per heavy atom. The summed E-state index contributed by atoms with van der Waals surface area (Å²) >= 11 is 0. The number of rotatable bonds is 4. The molecule has 0 aliphatic heterocycles. The minimum atomic E-state index is -0.0787. The van der Waals surface area contributed by atoms with Gasteiger partial charge in [-0.1, -0.05) is 99.8 Å². The van der Waals surface area contributed by atoms with Gasteiger partial charge in [0.1, 0.15) is 11.2 Å². The first-order chi connectivity index (χ1) is 29.6. The number of hydrogen-bond acceptors (Lipinski definition) is 9. The Bertz CT molecular complexity index is 3110. The van der Waals surface area contributed by atoms with Crippen LogP contribution in [0.5, 0.6) is 0 Å². The topological polar surface area (TPSA) is 140 Å². The number of pyridine rings is 2. The SMILES string of the molecule is CC(=O)/C(C)=C(/C)O.CC(=O)/C(C)=C(/C)O.CC(C)(C)c1ccc2oc3nc(-c4[c-]ccc5c4oc4c(-c6ccc7c(n6)oc6ccc(C(C)(C)C)cc67)[c-]ccc45)ccc3c2c1.[Pt].[Pt]. The van der Waals surface area contributed by atoms with Gasteiger partial charge in [-0.05, 0) is 99.2 Å². The zero-order chi connectivity index (χ0) is 45.7. The fraction of sp³-hybridized carbons (Fsp3) is 0.259. The number of aromatic nitrogens is 2. The zero-order valence-electron chi connectivity index (χ0n) is 38.5. The first-order valence-electron chi connectivity index (χ1n) is 20.8. The Morgan fingerprint density at radius 3 is 1.17 bits per heavy atom. The van der Waals surface area contributed by atoms with Gasteiger partial charge in [-0.3, -0.25) is 19.6 Å². The minimum Gasteiger partial charge on any atom is -0.545 e. The maximum absolute atomic E-state index is 10.4. The van der Waals surface area contributed by atoms with E-state index >= 15 is 0 Å². The molecule has 4 aromatic carbocycles. The van der Waals surface area contributed by atoms with Gasteiger partial charge in [0.05, 0.1) is 11.5 Å². The molecule has 0 radical (unpaired) electrons. The molecule has 0 saturated heterocycles. The van der Waals surface area contributed by atoms with Crippen molar-refractivity contribution in [3.63, 3.8) is 0 Å². The van der Waals surface area contributed by atoms with Crippen LogP contribution in [0.1, 0.15) is 94.2 Å². The molecular formula is C54H52N2O7Pt2-2. The molecule has 0 bridgehead atoms. The number of carbonyl (C=O) groups is 2. The zero-order valence-corrected chi connectivity index (χ0v) is 43.1. The van der Waals surface area contributed by atoms with E-state index in [-0.39, 0.29) is 76.0 Å². The van der Waals surface area contributed by atoms with E-state index in [0.29, 0.717) is 33.7 Å². The molecule has 9 nitrogen and oxygen atoms in total. The number of carbonyl (C=O) groups excluding carboxylic acids is 2. The predicted octanol–water partition coefficient (Wildman–Crippen LogP) is 14.6. The Hall–Kier alpha value is -5.62. The van der Waals surface area contributed by atoms with Crippen molar-refractivity contribution in [3.05, 3.63) is 131 Å². The van der Waals surface area contributed by atoms with E-state index in [0.717, 1.165) is 66.0 Å². The summed E-state index contributed by atoms with van der Waals surface area (Å²) in [5.74, 6) is 0.0602. The number of furan rings is 3. The number of Topliss-reactive ketones (excluding diaryl/α,β-unsaturated/α-hetero) is 2. The number of nitrogens with zero attached hydrogens (tertiary/aromatic N) is 2. The van der Waals surface area contributed by atoms with Crippen molar-refractivity contribution in [2.24, 2.45) is 0 Å². The smallest absolute Gasteiger partial charge is 0.218 e. The van der Waals surface area contributed by atoms with Crippen LogP contribution >= 0.6 is 0 Å². The molecule has 0 atom stereocenters. The molecule has 0 spiro atoms. The van der Waals surface area contributed by atoms with Crippen LogP contribution in [0.4, 0.5) is 0 Å². The fourth-order valence-corrected chi connectivity index (χ4v) is 7.12. The summed E-state index contributed by atoms with van der Waals surface area (Å²) in [4.78, 5) is 30.7. The molecular weight excluding hydrogens is 1180 g/mol. The summed E-state index contributed by atoms with van der Waals surface area (Å²) in [5, 5.41) is 23.4. The minimum absolute atomic E-state index is 0. The van der Waals surface area contributed by atoms with Crippen LogP contribution in [0, 0.1) is 12.1 Å². The van der Waals surface area contributed by atoms with E-state index in [9.17, 15) is 9.59 Å². The maximum Gasteiger partial charge on any atom is 0.218 e. The van der Waals surface area contributed by atoms with Gasteiger partial charge in [0, 0.05) is 86.0 Å². The van der Waals surface area contributed by atoms with E-state index < -0.39 is 0 Å². The van der Waals surface area contributed by atoms with Crippen molar-refractivity contribution in [1.29, 1.82) is 0 Å². The van der Waals surface area contributed by atoms with E-state index in [2.05, 4.69) is 90.1 Å². The molecule has 5 heterocycles. The first kappa shape index (κ1) is 50.4. The van der Waals surface area contributed by atoms with Crippen LogP contribution in [0.2, 0.25) is 0 Å². The quantitative estimate of drug-likeness (QED) is 0.100. The number of ketones is 2. The molecule has 342 valence electrons. The fourth-order valence-electron chi connectivity index (χ4n) is 7.12. The second-order valence-corrected chi connectivity index (χ2v) is 18.1. The van der Waals surface area contributed by atoms with Gasteiger partial charge in [-0.15, -0.1) is 36.4 Å². The van der Waals surface area contributed by atoms with Gasteiger partial charge in [0.2, 0.25) is 11.4 Å². The normalized spacial score (nSPS) is 12.5.